The zero-order chi connectivity index (χ0) is 19.3. The van der Waals surface area contributed by atoms with E-state index in [9.17, 15) is 9.59 Å². The van der Waals surface area contributed by atoms with Gasteiger partial charge in [-0.25, -0.2) is 4.68 Å². The van der Waals surface area contributed by atoms with Crippen LogP contribution in [0, 0.1) is 12.3 Å². The molecule has 3 heterocycles. The van der Waals surface area contributed by atoms with Gasteiger partial charge >= 0.3 is 0 Å². The van der Waals surface area contributed by atoms with Gasteiger partial charge in [-0.2, -0.15) is 5.10 Å². The van der Waals surface area contributed by atoms with Gasteiger partial charge in [0.05, 0.1) is 18.4 Å². The number of carbonyl (C=O) groups is 2. The summed E-state index contributed by atoms with van der Waals surface area (Å²) in [7, 11) is 0. The monoisotopic (exact) mass is 368 g/mol. The molecule has 5 rings (SSSR count). The first-order valence-electron chi connectivity index (χ1n) is 8.95. The van der Waals surface area contributed by atoms with Crippen molar-refractivity contribution in [1.29, 1.82) is 0 Å². The second kappa shape index (κ2) is 5.83. The number of benzene rings is 2. The van der Waals surface area contributed by atoms with Gasteiger partial charge in [0.25, 0.3) is 0 Å². The van der Waals surface area contributed by atoms with Gasteiger partial charge in [-0.15, -0.1) is 6.42 Å². The molecule has 0 fully saturated rings. The fourth-order valence-corrected chi connectivity index (χ4v) is 4.26. The second-order valence-electron chi connectivity index (χ2n) is 6.90. The number of anilines is 2. The van der Waals surface area contributed by atoms with Crippen LogP contribution in [0.2, 0.25) is 0 Å². The van der Waals surface area contributed by atoms with E-state index in [2.05, 4.69) is 16.3 Å². The number of para-hydroxylation sites is 2. The molecule has 0 radical (unpaired) electrons. The molecule has 0 saturated heterocycles. The van der Waals surface area contributed by atoms with E-state index in [1.807, 2.05) is 54.6 Å². The van der Waals surface area contributed by atoms with Crippen LogP contribution in [0.1, 0.15) is 17.5 Å². The smallest absolute Gasteiger partial charge is 0.243 e. The van der Waals surface area contributed by atoms with Crippen LogP contribution in [-0.2, 0) is 15.0 Å². The van der Waals surface area contributed by atoms with Crippen LogP contribution < -0.4 is 10.2 Å². The molecule has 2 amide bonds. The third-order valence-corrected chi connectivity index (χ3v) is 5.43. The lowest BCUT2D eigenvalue weighted by atomic mass is 9.72. The SMILES string of the molecule is C#CCN1C(=O)[C@]2(CC(=O)Nc3c2cnn3-c2ccccc2)c2ccccc21. The number of nitrogens with zero attached hydrogens (tertiary/aromatic N) is 3. The van der Waals surface area contributed by atoms with E-state index in [4.69, 9.17) is 6.42 Å². The molecule has 6 heteroatoms. The van der Waals surface area contributed by atoms with Crippen LogP contribution in [-0.4, -0.2) is 28.1 Å². The Morgan fingerprint density at radius 1 is 1.07 bits per heavy atom. The largest absolute Gasteiger partial charge is 0.310 e. The summed E-state index contributed by atoms with van der Waals surface area (Å²) in [5.74, 6) is 2.66. The molecule has 1 atom stereocenters. The van der Waals surface area contributed by atoms with E-state index in [0.29, 0.717) is 11.4 Å². The first-order valence-corrected chi connectivity index (χ1v) is 8.95. The Bertz CT molecular complexity index is 1160. The number of amides is 2. The topological polar surface area (TPSA) is 67.2 Å². The highest BCUT2D eigenvalue weighted by Gasteiger charge is 2.56. The van der Waals surface area contributed by atoms with Crippen LogP contribution in [0.5, 0.6) is 0 Å². The average molecular weight is 368 g/mol. The molecule has 2 aliphatic heterocycles. The minimum absolute atomic E-state index is 0.0252. The summed E-state index contributed by atoms with van der Waals surface area (Å²) in [6.45, 7) is 0.154. The molecule has 1 aromatic heterocycles. The van der Waals surface area contributed by atoms with Crippen molar-refractivity contribution in [3.63, 3.8) is 0 Å². The highest BCUT2D eigenvalue weighted by molar-refractivity contribution is 6.16. The van der Waals surface area contributed by atoms with E-state index >= 15 is 0 Å². The van der Waals surface area contributed by atoms with Gasteiger partial charge in [-0.3, -0.25) is 14.5 Å². The minimum atomic E-state index is -1.11. The molecule has 1 spiro atoms. The lowest BCUT2D eigenvalue weighted by Gasteiger charge is -2.32. The quantitative estimate of drug-likeness (QED) is 0.707. The highest BCUT2D eigenvalue weighted by Crippen LogP contribution is 2.52. The maximum Gasteiger partial charge on any atom is 0.243 e. The summed E-state index contributed by atoms with van der Waals surface area (Å²) >= 11 is 0. The Hall–Kier alpha value is -3.85. The number of hydrogen-bond acceptors (Lipinski definition) is 3. The summed E-state index contributed by atoms with van der Waals surface area (Å²) < 4.78 is 1.66. The van der Waals surface area contributed by atoms with E-state index in [0.717, 1.165) is 16.9 Å². The summed E-state index contributed by atoms with van der Waals surface area (Å²) in [6, 6.07) is 17.0. The Morgan fingerprint density at radius 3 is 2.61 bits per heavy atom. The number of hydrogen-bond donors (Lipinski definition) is 1. The zero-order valence-electron chi connectivity index (χ0n) is 14.9. The first kappa shape index (κ1) is 16.3. The number of nitrogens with one attached hydrogen (secondary N) is 1. The van der Waals surface area contributed by atoms with Gasteiger partial charge in [-0.05, 0) is 23.8 Å². The molecular weight excluding hydrogens is 352 g/mol. The van der Waals surface area contributed by atoms with Gasteiger partial charge in [-0.1, -0.05) is 42.3 Å². The van der Waals surface area contributed by atoms with Crippen molar-refractivity contribution < 1.29 is 9.59 Å². The normalized spacial score (nSPS) is 19.9. The Morgan fingerprint density at radius 2 is 1.82 bits per heavy atom. The summed E-state index contributed by atoms with van der Waals surface area (Å²) in [5, 5.41) is 7.40. The van der Waals surface area contributed by atoms with E-state index in [1.54, 1.807) is 15.8 Å². The second-order valence-corrected chi connectivity index (χ2v) is 6.90. The molecular formula is C22H16N4O2. The Balaban J connectivity index is 1.77. The van der Waals surface area contributed by atoms with Crippen LogP contribution in [0.15, 0.2) is 60.8 Å². The number of fused-ring (bicyclic) bond motifs is 4. The third kappa shape index (κ3) is 2.01. The van der Waals surface area contributed by atoms with Crippen LogP contribution in [0.4, 0.5) is 11.5 Å². The van der Waals surface area contributed by atoms with Gasteiger partial charge in [0, 0.05) is 17.7 Å². The summed E-state index contributed by atoms with van der Waals surface area (Å²) in [5.41, 5.74) is 1.92. The van der Waals surface area contributed by atoms with Crippen molar-refractivity contribution in [2.45, 2.75) is 11.8 Å². The standard InChI is InChI=1S/C22H16N4O2/c1-2-12-25-18-11-7-6-10-16(18)22(21(25)28)13-19(27)24-20-17(22)14-23-26(20)15-8-4-3-5-9-15/h1,3-11,14H,12-13H2,(H,24,27)/t22-/m1/s1. The van der Waals surface area contributed by atoms with Crippen molar-refractivity contribution in [2.24, 2.45) is 0 Å². The molecule has 0 bridgehead atoms. The van der Waals surface area contributed by atoms with Crippen molar-refractivity contribution in [1.82, 2.24) is 9.78 Å². The molecule has 0 unspecified atom stereocenters. The van der Waals surface area contributed by atoms with Gasteiger partial charge in [0.1, 0.15) is 11.2 Å². The third-order valence-electron chi connectivity index (χ3n) is 5.43. The fraction of sp³-hybridized carbons (Fsp3) is 0.136. The number of rotatable bonds is 2. The van der Waals surface area contributed by atoms with Crippen LogP contribution in [0.25, 0.3) is 5.69 Å². The number of terminal acetylenes is 1. The van der Waals surface area contributed by atoms with E-state index < -0.39 is 5.41 Å². The molecule has 0 saturated carbocycles. The van der Waals surface area contributed by atoms with Crippen molar-refractivity contribution in [3.05, 3.63) is 71.9 Å². The molecule has 136 valence electrons. The molecule has 0 aliphatic carbocycles. The van der Waals surface area contributed by atoms with Crippen LogP contribution >= 0.6 is 0 Å². The Kier molecular flexibility index (Phi) is 3.40. The van der Waals surface area contributed by atoms with Gasteiger partial charge in [0.15, 0.2) is 0 Å². The van der Waals surface area contributed by atoms with Crippen molar-refractivity contribution in [3.8, 4) is 18.0 Å². The van der Waals surface area contributed by atoms with E-state index in [1.165, 1.54) is 0 Å². The van der Waals surface area contributed by atoms with Crippen LogP contribution in [0.3, 0.4) is 0 Å². The van der Waals surface area contributed by atoms with E-state index in [-0.39, 0.29) is 24.8 Å². The summed E-state index contributed by atoms with van der Waals surface area (Å²) in [6.07, 6.45) is 7.21. The maximum absolute atomic E-state index is 13.6. The minimum Gasteiger partial charge on any atom is -0.310 e. The van der Waals surface area contributed by atoms with Crippen molar-refractivity contribution >= 4 is 23.3 Å². The maximum atomic E-state index is 13.6. The molecule has 2 aliphatic rings. The lowest BCUT2D eigenvalue weighted by Crippen LogP contribution is -2.46. The molecule has 28 heavy (non-hydrogen) atoms. The Labute approximate surface area is 161 Å². The van der Waals surface area contributed by atoms with Gasteiger partial charge < -0.3 is 5.32 Å². The first-order chi connectivity index (χ1) is 13.7. The van der Waals surface area contributed by atoms with Crippen molar-refractivity contribution in [2.75, 3.05) is 16.8 Å². The zero-order valence-corrected chi connectivity index (χ0v) is 14.9. The summed E-state index contributed by atoms with van der Waals surface area (Å²) in [4.78, 5) is 27.9. The molecule has 1 N–H and O–H groups in total. The number of carbonyl (C=O) groups excluding carboxylic acids is 2. The average Bonchev–Trinajstić information content (AvgIpc) is 3.24. The highest BCUT2D eigenvalue weighted by atomic mass is 16.2. The fourth-order valence-electron chi connectivity index (χ4n) is 4.26. The number of aromatic nitrogens is 2. The molecule has 3 aromatic rings. The predicted molar refractivity (Wildman–Crippen MR) is 105 cm³/mol. The van der Waals surface area contributed by atoms with Gasteiger partial charge in [0.2, 0.25) is 11.8 Å². The predicted octanol–water partition coefficient (Wildman–Crippen LogP) is 2.48. The molecule has 6 nitrogen and oxygen atoms in total. The molecule has 2 aromatic carbocycles. The lowest BCUT2D eigenvalue weighted by molar-refractivity contribution is -0.126.